The van der Waals surface area contributed by atoms with Crippen molar-refractivity contribution in [1.29, 1.82) is 0 Å². The van der Waals surface area contributed by atoms with Crippen LogP contribution in [0.25, 0.3) is 0 Å². The molecule has 0 aromatic heterocycles. The molecule has 1 N–H and O–H groups in total. The van der Waals surface area contributed by atoms with E-state index >= 15 is 0 Å². The number of benzene rings is 1. The second kappa shape index (κ2) is 5.49. The van der Waals surface area contributed by atoms with Crippen LogP contribution in [0.1, 0.15) is 31.9 Å². The molecule has 0 bridgehead atoms. The van der Waals surface area contributed by atoms with Crippen molar-refractivity contribution in [1.82, 2.24) is 5.32 Å². The fraction of sp³-hybridized carbons (Fsp3) is 0.417. The van der Waals surface area contributed by atoms with Gasteiger partial charge in [-0.2, -0.15) is 0 Å². The summed E-state index contributed by atoms with van der Waals surface area (Å²) in [6.07, 6.45) is 0.420. The second-order valence-electron chi connectivity index (χ2n) is 3.54. The van der Waals surface area contributed by atoms with Crippen molar-refractivity contribution in [2.75, 3.05) is 7.11 Å². The van der Waals surface area contributed by atoms with Gasteiger partial charge in [0.2, 0.25) is 5.91 Å². The highest BCUT2D eigenvalue weighted by Gasteiger charge is 2.10. The van der Waals surface area contributed by atoms with E-state index in [1.165, 1.54) is 13.2 Å². The lowest BCUT2D eigenvalue weighted by molar-refractivity contribution is -0.121. The van der Waals surface area contributed by atoms with E-state index in [0.29, 0.717) is 6.42 Å². The van der Waals surface area contributed by atoms with Crippen LogP contribution < -0.4 is 10.1 Å². The van der Waals surface area contributed by atoms with Gasteiger partial charge in [-0.05, 0) is 24.6 Å². The van der Waals surface area contributed by atoms with Gasteiger partial charge in [0.25, 0.3) is 0 Å². The van der Waals surface area contributed by atoms with Crippen LogP contribution in [0.4, 0.5) is 4.39 Å². The van der Waals surface area contributed by atoms with Crippen molar-refractivity contribution >= 4 is 5.91 Å². The molecule has 1 aromatic carbocycles. The van der Waals surface area contributed by atoms with Crippen LogP contribution in [0, 0.1) is 5.82 Å². The maximum atomic E-state index is 13.4. The molecule has 0 radical (unpaired) electrons. The second-order valence-corrected chi connectivity index (χ2v) is 3.54. The standard InChI is InChI=1S/C12H16FNO2/c1-4-12(15)14-8(2)9-5-6-11(16-3)10(13)7-9/h5-8H,4H2,1-3H3,(H,14,15). The molecule has 0 aliphatic carbocycles. The Morgan fingerprint density at radius 1 is 1.56 bits per heavy atom. The van der Waals surface area contributed by atoms with Crippen LogP contribution in [0.15, 0.2) is 18.2 Å². The lowest BCUT2D eigenvalue weighted by Crippen LogP contribution is -2.25. The molecule has 1 unspecified atom stereocenters. The number of carbonyl (C=O) groups is 1. The summed E-state index contributed by atoms with van der Waals surface area (Å²) in [7, 11) is 1.42. The first kappa shape index (κ1) is 12.5. The molecule has 0 aliphatic rings. The average Bonchev–Trinajstić information content (AvgIpc) is 2.28. The van der Waals surface area contributed by atoms with E-state index in [2.05, 4.69) is 5.32 Å². The zero-order valence-corrected chi connectivity index (χ0v) is 9.71. The quantitative estimate of drug-likeness (QED) is 0.854. The lowest BCUT2D eigenvalue weighted by atomic mass is 10.1. The first-order chi connectivity index (χ1) is 7.58. The van der Waals surface area contributed by atoms with Crippen molar-refractivity contribution < 1.29 is 13.9 Å². The lowest BCUT2D eigenvalue weighted by Gasteiger charge is -2.14. The van der Waals surface area contributed by atoms with Crippen LogP contribution >= 0.6 is 0 Å². The van der Waals surface area contributed by atoms with E-state index in [1.807, 2.05) is 6.92 Å². The number of amides is 1. The van der Waals surface area contributed by atoms with Crippen LogP contribution in [-0.4, -0.2) is 13.0 Å². The minimum absolute atomic E-state index is 0.0521. The zero-order valence-electron chi connectivity index (χ0n) is 9.71. The Balaban J connectivity index is 2.80. The Kier molecular flexibility index (Phi) is 4.28. The molecule has 88 valence electrons. The van der Waals surface area contributed by atoms with Crippen LogP contribution in [0.2, 0.25) is 0 Å². The number of methoxy groups -OCH3 is 1. The van der Waals surface area contributed by atoms with Crippen LogP contribution in [-0.2, 0) is 4.79 Å². The number of halogens is 1. The largest absolute Gasteiger partial charge is 0.494 e. The van der Waals surface area contributed by atoms with E-state index in [-0.39, 0.29) is 17.7 Å². The van der Waals surface area contributed by atoms with Crippen molar-refractivity contribution in [3.05, 3.63) is 29.6 Å². The Bertz CT molecular complexity index is 379. The SMILES string of the molecule is CCC(=O)NC(C)c1ccc(OC)c(F)c1. The van der Waals surface area contributed by atoms with Gasteiger partial charge in [0, 0.05) is 6.42 Å². The number of hydrogen-bond acceptors (Lipinski definition) is 2. The molecule has 0 fully saturated rings. The van der Waals surface area contributed by atoms with Crippen LogP contribution in [0.3, 0.4) is 0 Å². The summed E-state index contributed by atoms with van der Waals surface area (Å²) in [5.74, 6) is -0.265. The number of hydrogen-bond donors (Lipinski definition) is 1. The number of ether oxygens (including phenoxy) is 1. The van der Waals surface area contributed by atoms with E-state index in [0.717, 1.165) is 5.56 Å². The molecule has 0 heterocycles. The molecular formula is C12H16FNO2. The van der Waals surface area contributed by atoms with Crippen molar-refractivity contribution in [3.8, 4) is 5.75 Å². The molecule has 0 spiro atoms. The molecular weight excluding hydrogens is 209 g/mol. The number of rotatable bonds is 4. The zero-order chi connectivity index (χ0) is 12.1. The molecule has 0 aliphatic heterocycles. The van der Waals surface area contributed by atoms with Gasteiger partial charge in [0.1, 0.15) is 0 Å². The Morgan fingerprint density at radius 3 is 2.75 bits per heavy atom. The van der Waals surface area contributed by atoms with Gasteiger partial charge in [0.05, 0.1) is 13.2 Å². The normalized spacial score (nSPS) is 12.0. The molecule has 3 nitrogen and oxygen atoms in total. The van der Waals surface area contributed by atoms with Gasteiger partial charge in [-0.15, -0.1) is 0 Å². The Hall–Kier alpha value is -1.58. The van der Waals surface area contributed by atoms with Gasteiger partial charge in [0.15, 0.2) is 11.6 Å². The summed E-state index contributed by atoms with van der Waals surface area (Å²) in [5.41, 5.74) is 0.722. The summed E-state index contributed by atoms with van der Waals surface area (Å²) in [4.78, 5) is 11.2. The Labute approximate surface area is 94.6 Å². The summed E-state index contributed by atoms with van der Waals surface area (Å²) in [6, 6.07) is 4.47. The Morgan fingerprint density at radius 2 is 2.25 bits per heavy atom. The van der Waals surface area contributed by atoms with Crippen molar-refractivity contribution in [3.63, 3.8) is 0 Å². The maximum Gasteiger partial charge on any atom is 0.220 e. The van der Waals surface area contributed by atoms with Crippen molar-refractivity contribution in [2.45, 2.75) is 26.3 Å². The highest BCUT2D eigenvalue weighted by atomic mass is 19.1. The van der Waals surface area contributed by atoms with Gasteiger partial charge in [-0.1, -0.05) is 13.0 Å². The summed E-state index contributed by atoms with van der Waals surface area (Å²) in [6.45, 7) is 3.59. The molecule has 0 saturated heterocycles. The third-order valence-corrected chi connectivity index (χ3v) is 2.37. The highest BCUT2D eigenvalue weighted by Crippen LogP contribution is 2.21. The van der Waals surface area contributed by atoms with Gasteiger partial charge >= 0.3 is 0 Å². The molecule has 4 heteroatoms. The maximum absolute atomic E-state index is 13.4. The minimum Gasteiger partial charge on any atom is -0.494 e. The average molecular weight is 225 g/mol. The predicted molar refractivity (Wildman–Crippen MR) is 59.8 cm³/mol. The van der Waals surface area contributed by atoms with Gasteiger partial charge in [-0.25, -0.2) is 4.39 Å². The summed E-state index contributed by atoms with van der Waals surface area (Å²) in [5, 5.41) is 2.76. The monoisotopic (exact) mass is 225 g/mol. The molecule has 1 atom stereocenters. The fourth-order valence-electron chi connectivity index (χ4n) is 1.38. The summed E-state index contributed by atoms with van der Waals surface area (Å²) >= 11 is 0. The van der Waals surface area contributed by atoms with Crippen molar-refractivity contribution in [2.24, 2.45) is 0 Å². The van der Waals surface area contributed by atoms with Gasteiger partial charge in [-0.3, -0.25) is 4.79 Å². The molecule has 0 saturated carbocycles. The number of carbonyl (C=O) groups excluding carboxylic acids is 1. The minimum atomic E-state index is -0.419. The first-order valence-corrected chi connectivity index (χ1v) is 5.21. The predicted octanol–water partition coefficient (Wildman–Crippen LogP) is 2.42. The molecule has 16 heavy (non-hydrogen) atoms. The van der Waals surface area contributed by atoms with E-state index in [1.54, 1.807) is 19.1 Å². The molecule has 1 rings (SSSR count). The van der Waals surface area contributed by atoms with E-state index in [4.69, 9.17) is 4.74 Å². The number of nitrogens with one attached hydrogen (secondary N) is 1. The summed E-state index contributed by atoms with van der Waals surface area (Å²) < 4.78 is 18.2. The van der Waals surface area contributed by atoms with Gasteiger partial charge < -0.3 is 10.1 Å². The smallest absolute Gasteiger partial charge is 0.220 e. The topological polar surface area (TPSA) is 38.3 Å². The first-order valence-electron chi connectivity index (χ1n) is 5.21. The fourth-order valence-corrected chi connectivity index (χ4v) is 1.38. The third kappa shape index (κ3) is 2.95. The molecule has 1 aromatic rings. The molecule has 1 amide bonds. The highest BCUT2D eigenvalue weighted by molar-refractivity contribution is 5.76. The van der Waals surface area contributed by atoms with E-state index < -0.39 is 5.82 Å². The van der Waals surface area contributed by atoms with Crippen LogP contribution in [0.5, 0.6) is 5.75 Å². The third-order valence-electron chi connectivity index (χ3n) is 2.37. The van der Waals surface area contributed by atoms with E-state index in [9.17, 15) is 9.18 Å².